The molecule has 0 radical (unpaired) electrons. The van der Waals surface area contributed by atoms with E-state index >= 15 is 0 Å². The first kappa shape index (κ1) is 13.2. The number of nitrogens with zero attached hydrogens (tertiary/aromatic N) is 1. The highest BCUT2D eigenvalue weighted by Gasteiger charge is 2.19. The van der Waals surface area contributed by atoms with E-state index in [1.807, 2.05) is 24.3 Å². The Bertz CT molecular complexity index is 757. The standard InChI is InChI=1S/C15H13ClN2OS/c1-8-6-12(20-9(8)2)14-13(15(17)19-18-14)10-4-3-5-11(16)7-10/h3-7H,17H2,1-2H3. The highest BCUT2D eigenvalue weighted by atomic mass is 35.5. The first-order valence-corrected chi connectivity index (χ1v) is 7.34. The van der Waals surface area contributed by atoms with Crippen molar-refractivity contribution < 1.29 is 4.52 Å². The van der Waals surface area contributed by atoms with Crippen LogP contribution in [0.5, 0.6) is 0 Å². The zero-order valence-corrected chi connectivity index (χ0v) is 12.7. The van der Waals surface area contributed by atoms with Gasteiger partial charge in [0.1, 0.15) is 5.69 Å². The van der Waals surface area contributed by atoms with E-state index in [1.54, 1.807) is 11.3 Å². The summed E-state index contributed by atoms with van der Waals surface area (Å²) in [7, 11) is 0. The lowest BCUT2D eigenvalue weighted by Crippen LogP contribution is -1.86. The van der Waals surface area contributed by atoms with Crippen LogP contribution < -0.4 is 5.73 Å². The number of halogens is 1. The van der Waals surface area contributed by atoms with Crippen molar-refractivity contribution in [1.29, 1.82) is 0 Å². The van der Waals surface area contributed by atoms with Crippen molar-refractivity contribution in [1.82, 2.24) is 5.16 Å². The Morgan fingerprint density at radius 1 is 1.25 bits per heavy atom. The van der Waals surface area contributed by atoms with Crippen molar-refractivity contribution in [2.24, 2.45) is 0 Å². The number of rotatable bonds is 2. The highest BCUT2D eigenvalue weighted by Crippen LogP contribution is 2.40. The van der Waals surface area contributed by atoms with Gasteiger partial charge in [0.15, 0.2) is 0 Å². The summed E-state index contributed by atoms with van der Waals surface area (Å²) in [4.78, 5) is 2.31. The maximum Gasteiger partial charge on any atom is 0.230 e. The van der Waals surface area contributed by atoms with E-state index in [4.69, 9.17) is 21.9 Å². The fourth-order valence-corrected chi connectivity index (χ4v) is 3.30. The van der Waals surface area contributed by atoms with Gasteiger partial charge in [-0.2, -0.15) is 0 Å². The van der Waals surface area contributed by atoms with Gasteiger partial charge in [0.2, 0.25) is 5.88 Å². The van der Waals surface area contributed by atoms with Gasteiger partial charge in [0, 0.05) is 9.90 Å². The van der Waals surface area contributed by atoms with E-state index in [1.165, 1.54) is 10.4 Å². The Morgan fingerprint density at radius 2 is 2.05 bits per heavy atom. The molecule has 20 heavy (non-hydrogen) atoms. The molecule has 2 N–H and O–H groups in total. The molecule has 5 heteroatoms. The van der Waals surface area contributed by atoms with Crippen LogP contribution in [-0.4, -0.2) is 5.16 Å². The van der Waals surface area contributed by atoms with Crippen molar-refractivity contribution in [2.45, 2.75) is 13.8 Å². The molecular formula is C15H13ClN2OS. The monoisotopic (exact) mass is 304 g/mol. The third-order valence-electron chi connectivity index (χ3n) is 3.23. The Kier molecular flexibility index (Phi) is 3.28. The van der Waals surface area contributed by atoms with E-state index < -0.39 is 0 Å². The van der Waals surface area contributed by atoms with Gasteiger partial charge in [-0.05, 0) is 43.2 Å². The molecule has 3 rings (SSSR count). The molecule has 0 bridgehead atoms. The summed E-state index contributed by atoms with van der Waals surface area (Å²) < 4.78 is 5.18. The number of nitrogens with two attached hydrogens (primary N) is 1. The van der Waals surface area contributed by atoms with Gasteiger partial charge in [-0.25, -0.2) is 0 Å². The van der Waals surface area contributed by atoms with Crippen LogP contribution in [0.4, 0.5) is 5.88 Å². The quantitative estimate of drug-likeness (QED) is 0.731. The molecule has 0 saturated heterocycles. The normalized spacial score (nSPS) is 10.9. The molecule has 3 nitrogen and oxygen atoms in total. The summed E-state index contributed by atoms with van der Waals surface area (Å²) >= 11 is 7.74. The summed E-state index contributed by atoms with van der Waals surface area (Å²) in [6.45, 7) is 4.17. The van der Waals surface area contributed by atoms with Crippen molar-refractivity contribution in [2.75, 3.05) is 5.73 Å². The Balaban J connectivity index is 2.19. The first-order valence-electron chi connectivity index (χ1n) is 6.14. The molecule has 0 amide bonds. The van der Waals surface area contributed by atoms with E-state index in [9.17, 15) is 0 Å². The van der Waals surface area contributed by atoms with Gasteiger partial charge in [0.05, 0.1) is 10.4 Å². The van der Waals surface area contributed by atoms with Gasteiger partial charge < -0.3 is 10.3 Å². The fourth-order valence-electron chi connectivity index (χ4n) is 2.08. The third-order valence-corrected chi connectivity index (χ3v) is 4.63. The predicted molar refractivity (Wildman–Crippen MR) is 84.1 cm³/mol. The van der Waals surface area contributed by atoms with Gasteiger partial charge in [0.25, 0.3) is 0 Å². The van der Waals surface area contributed by atoms with Crippen molar-refractivity contribution in [3.8, 4) is 21.7 Å². The van der Waals surface area contributed by atoms with Gasteiger partial charge in [-0.1, -0.05) is 28.9 Å². The molecule has 1 aromatic carbocycles. The molecule has 102 valence electrons. The summed E-state index contributed by atoms with van der Waals surface area (Å²) in [6.07, 6.45) is 0. The Morgan fingerprint density at radius 3 is 2.70 bits per heavy atom. The second-order valence-electron chi connectivity index (χ2n) is 4.63. The second-order valence-corrected chi connectivity index (χ2v) is 6.32. The number of hydrogen-bond acceptors (Lipinski definition) is 4. The molecule has 0 unspecified atom stereocenters. The first-order chi connectivity index (χ1) is 9.56. The lowest BCUT2D eigenvalue weighted by atomic mass is 10.0. The maximum absolute atomic E-state index is 6.05. The van der Waals surface area contributed by atoms with Crippen LogP contribution in [0.15, 0.2) is 34.9 Å². The lowest BCUT2D eigenvalue weighted by molar-refractivity contribution is 0.439. The zero-order chi connectivity index (χ0) is 14.3. The van der Waals surface area contributed by atoms with Crippen LogP contribution in [0.3, 0.4) is 0 Å². The smallest absolute Gasteiger partial charge is 0.230 e. The minimum Gasteiger partial charge on any atom is -0.367 e. The highest BCUT2D eigenvalue weighted by molar-refractivity contribution is 7.15. The van der Waals surface area contributed by atoms with Crippen LogP contribution in [0.1, 0.15) is 10.4 Å². The number of thiophene rings is 1. The average Bonchev–Trinajstić information content (AvgIpc) is 2.93. The summed E-state index contributed by atoms with van der Waals surface area (Å²) in [5, 5.41) is 4.77. The second kappa shape index (κ2) is 4.96. The zero-order valence-electron chi connectivity index (χ0n) is 11.1. The van der Waals surface area contributed by atoms with Crippen LogP contribution >= 0.6 is 22.9 Å². The molecule has 0 atom stereocenters. The number of benzene rings is 1. The van der Waals surface area contributed by atoms with Crippen molar-refractivity contribution >= 4 is 28.8 Å². The molecule has 2 heterocycles. The van der Waals surface area contributed by atoms with Crippen LogP contribution in [0, 0.1) is 13.8 Å². The average molecular weight is 305 g/mol. The topological polar surface area (TPSA) is 52.0 Å². The third kappa shape index (κ3) is 2.21. The van der Waals surface area contributed by atoms with Crippen molar-refractivity contribution in [3.63, 3.8) is 0 Å². The summed E-state index contributed by atoms with van der Waals surface area (Å²) in [5.74, 6) is 0.311. The number of anilines is 1. The molecule has 0 spiro atoms. The maximum atomic E-state index is 6.05. The van der Waals surface area contributed by atoms with Crippen LogP contribution in [0.25, 0.3) is 21.7 Å². The van der Waals surface area contributed by atoms with Gasteiger partial charge in [-0.15, -0.1) is 11.3 Å². The minimum atomic E-state index is 0.311. The minimum absolute atomic E-state index is 0.311. The Hall–Kier alpha value is -1.78. The predicted octanol–water partition coefficient (Wildman–Crippen LogP) is 4.92. The Labute approximate surface area is 126 Å². The van der Waals surface area contributed by atoms with Crippen LogP contribution in [0.2, 0.25) is 5.02 Å². The van der Waals surface area contributed by atoms with Crippen molar-refractivity contribution in [3.05, 3.63) is 45.8 Å². The van der Waals surface area contributed by atoms with Gasteiger partial charge >= 0.3 is 0 Å². The SMILES string of the molecule is Cc1cc(-c2noc(N)c2-c2cccc(Cl)c2)sc1C. The molecule has 0 aliphatic rings. The van der Waals surface area contributed by atoms with E-state index in [0.717, 1.165) is 21.7 Å². The fraction of sp³-hybridized carbons (Fsp3) is 0.133. The number of aromatic nitrogens is 1. The number of nitrogen functional groups attached to an aromatic ring is 1. The molecular weight excluding hydrogens is 292 g/mol. The molecule has 3 aromatic rings. The van der Waals surface area contributed by atoms with E-state index in [2.05, 4.69) is 25.1 Å². The summed E-state index contributed by atoms with van der Waals surface area (Å²) in [5.41, 5.74) is 9.66. The molecule has 0 fully saturated rings. The van der Waals surface area contributed by atoms with Gasteiger partial charge in [-0.3, -0.25) is 0 Å². The molecule has 0 aliphatic heterocycles. The van der Waals surface area contributed by atoms with E-state index in [0.29, 0.717) is 10.9 Å². The largest absolute Gasteiger partial charge is 0.367 e. The molecule has 0 aliphatic carbocycles. The molecule has 2 aromatic heterocycles. The summed E-state index contributed by atoms with van der Waals surface area (Å²) in [6, 6.07) is 9.63. The lowest BCUT2D eigenvalue weighted by Gasteiger charge is -2.01. The van der Waals surface area contributed by atoms with E-state index in [-0.39, 0.29) is 0 Å². The number of aryl methyl sites for hydroxylation is 2. The number of hydrogen-bond donors (Lipinski definition) is 1. The molecule has 0 saturated carbocycles. The van der Waals surface area contributed by atoms with Crippen LogP contribution in [-0.2, 0) is 0 Å².